The van der Waals surface area contributed by atoms with Gasteiger partial charge in [-0.1, -0.05) is 17.3 Å². The molecule has 0 fully saturated rings. The molecule has 3 N–H and O–H groups in total. The zero-order chi connectivity index (χ0) is 17.5. The van der Waals surface area contributed by atoms with Gasteiger partial charge in [0.2, 0.25) is 0 Å². The molecule has 0 saturated heterocycles. The van der Waals surface area contributed by atoms with E-state index >= 15 is 0 Å². The zero-order valence-corrected chi connectivity index (χ0v) is 13.2. The van der Waals surface area contributed by atoms with E-state index in [-0.39, 0.29) is 24.2 Å². The van der Waals surface area contributed by atoms with E-state index < -0.39 is 0 Å². The van der Waals surface area contributed by atoms with E-state index in [0.29, 0.717) is 17.9 Å². The van der Waals surface area contributed by atoms with E-state index in [1.54, 1.807) is 36.4 Å². The third-order valence-corrected chi connectivity index (χ3v) is 3.30. The van der Waals surface area contributed by atoms with Crippen molar-refractivity contribution in [2.75, 3.05) is 5.32 Å². The highest BCUT2D eigenvalue weighted by atomic mass is 16.5. The number of furan rings is 1. The number of benzene rings is 1. The summed E-state index contributed by atoms with van der Waals surface area (Å²) in [4.78, 5) is 23.7. The molecule has 0 saturated carbocycles. The van der Waals surface area contributed by atoms with Crippen LogP contribution in [0.25, 0.3) is 0 Å². The molecule has 128 valence electrons. The van der Waals surface area contributed by atoms with Crippen LogP contribution in [0.3, 0.4) is 0 Å². The minimum atomic E-state index is -0.333. The number of nitrogens with zero attached hydrogens (tertiary/aromatic N) is 1. The van der Waals surface area contributed by atoms with E-state index in [2.05, 4.69) is 25.6 Å². The largest absolute Gasteiger partial charge is 0.459 e. The standard InChI is InChI=1S/C17H16N4O4/c22-16(15-5-2-7-24-15)20-13-4-1-3-12(9-13)10-18-17(23)19-11-14-6-8-25-21-14/h1-9H,10-11H2,(H,20,22)(H2,18,19,23). The Morgan fingerprint density at radius 3 is 2.64 bits per heavy atom. The Morgan fingerprint density at radius 2 is 1.88 bits per heavy atom. The Labute approximate surface area is 143 Å². The number of anilines is 1. The van der Waals surface area contributed by atoms with Crippen LogP contribution < -0.4 is 16.0 Å². The number of hydrogen-bond donors (Lipinski definition) is 3. The van der Waals surface area contributed by atoms with E-state index in [0.717, 1.165) is 5.56 Å². The number of nitrogens with one attached hydrogen (secondary N) is 3. The minimum absolute atomic E-state index is 0.232. The van der Waals surface area contributed by atoms with Crippen molar-refractivity contribution in [3.8, 4) is 0 Å². The van der Waals surface area contributed by atoms with Gasteiger partial charge in [0.1, 0.15) is 12.0 Å². The second-order valence-electron chi connectivity index (χ2n) is 5.16. The van der Waals surface area contributed by atoms with Gasteiger partial charge in [0.05, 0.1) is 12.8 Å². The van der Waals surface area contributed by atoms with Crippen molar-refractivity contribution in [2.45, 2.75) is 13.1 Å². The number of urea groups is 1. The Hall–Kier alpha value is -3.55. The van der Waals surface area contributed by atoms with Crippen molar-refractivity contribution < 1.29 is 18.5 Å². The minimum Gasteiger partial charge on any atom is -0.459 e. The molecule has 25 heavy (non-hydrogen) atoms. The fourth-order valence-corrected chi connectivity index (χ4v) is 2.10. The van der Waals surface area contributed by atoms with Crippen molar-refractivity contribution in [3.63, 3.8) is 0 Å². The van der Waals surface area contributed by atoms with Crippen LogP contribution in [0, 0.1) is 0 Å². The monoisotopic (exact) mass is 340 g/mol. The van der Waals surface area contributed by atoms with Gasteiger partial charge in [-0.3, -0.25) is 4.79 Å². The third-order valence-electron chi connectivity index (χ3n) is 3.30. The lowest BCUT2D eigenvalue weighted by atomic mass is 10.2. The quantitative estimate of drug-likeness (QED) is 0.639. The summed E-state index contributed by atoms with van der Waals surface area (Å²) >= 11 is 0. The second-order valence-corrected chi connectivity index (χ2v) is 5.16. The topological polar surface area (TPSA) is 109 Å². The average Bonchev–Trinajstić information content (AvgIpc) is 3.32. The Bertz CT molecular complexity index is 828. The predicted octanol–water partition coefficient (Wildman–Crippen LogP) is 2.52. The van der Waals surface area contributed by atoms with E-state index in [9.17, 15) is 9.59 Å². The molecule has 0 atom stereocenters. The summed E-state index contributed by atoms with van der Waals surface area (Å²) in [7, 11) is 0. The van der Waals surface area contributed by atoms with Crippen molar-refractivity contribution in [3.05, 3.63) is 72.0 Å². The lowest BCUT2D eigenvalue weighted by Gasteiger charge is -2.08. The fraction of sp³-hybridized carbons (Fsp3) is 0.118. The van der Waals surface area contributed by atoms with Gasteiger partial charge in [-0.05, 0) is 29.8 Å². The number of aromatic nitrogens is 1. The lowest BCUT2D eigenvalue weighted by Crippen LogP contribution is -2.34. The number of amides is 3. The van der Waals surface area contributed by atoms with Gasteiger partial charge in [0.15, 0.2) is 5.76 Å². The Balaban J connectivity index is 1.49. The first kappa shape index (κ1) is 16.3. The molecule has 2 aromatic heterocycles. The maximum absolute atomic E-state index is 12.0. The fourth-order valence-electron chi connectivity index (χ4n) is 2.10. The van der Waals surface area contributed by atoms with E-state index in [4.69, 9.17) is 4.42 Å². The van der Waals surface area contributed by atoms with Crippen molar-refractivity contribution in [1.82, 2.24) is 15.8 Å². The highest BCUT2D eigenvalue weighted by molar-refractivity contribution is 6.02. The van der Waals surface area contributed by atoms with Gasteiger partial charge in [-0.15, -0.1) is 0 Å². The summed E-state index contributed by atoms with van der Waals surface area (Å²) in [5, 5.41) is 11.8. The van der Waals surface area contributed by atoms with Gasteiger partial charge < -0.3 is 24.9 Å². The maximum Gasteiger partial charge on any atom is 0.315 e. The van der Waals surface area contributed by atoms with Gasteiger partial charge in [0.25, 0.3) is 5.91 Å². The normalized spacial score (nSPS) is 10.2. The molecular formula is C17H16N4O4. The van der Waals surface area contributed by atoms with E-state index in [1.165, 1.54) is 12.5 Å². The lowest BCUT2D eigenvalue weighted by molar-refractivity contribution is 0.0996. The molecular weight excluding hydrogens is 324 g/mol. The van der Waals surface area contributed by atoms with Crippen LogP contribution >= 0.6 is 0 Å². The molecule has 1 aromatic carbocycles. The van der Waals surface area contributed by atoms with Gasteiger partial charge in [-0.25, -0.2) is 4.79 Å². The highest BCUT2D eigenvalue weighted by Gasteiger charge is 2.09. The molecule has 0 aliphatic heterocycles. The summed E-state index contributed by atoms with van der Waals surface area (Å²) in [6.45, 7) is 0.594. The Morgan fingerprint density at radius 1 is 1.00 bits per heavy atom. The number of hydrogen-bond acceptors (Lipinski definition) is 5. The first-order valence-corrected chi connectivity index (χ1v) is 7.55. The van der Waals surface area contributed by atoms with Crippen molar-refractivity contribution in [2.24, 2.45) is 0 Å². The molecule has 2 heterocycles. The molecule has 0 spiro atoms. The molecule has 3 rings (SSSR count). The summed E-state index contributed by atoms with van der Waals surface area (Å²) < 4.78 is 9.73. The third kappa shape index (κ3) is 4.71. The summed E-state index contributed by atoms with van der Waals surface area (Å²) in [6, 6.07) is 11.8. The van der Waals surface area contributed by atoms with Crippen molar-refractivity contribution >= 4 is 17.6 Å². The molecule has 3 amide bonds. The van der Waals surface area contributed by atoms with Gasteiger partial charge >= 0.3 is 6.03 Å². The van der Waals surface area contributed by atoms with Gasteiger partial charge in [0, 0.05) is 18.3 Å². The first-order valence-electron chi connectivity index (χ1n) is 7.55. The van der Waals surface area contributed by atoms with E-state index in [1.807, 2.05) is 6.07 Å². The molecule has 0 radical (unpaired) electrons. The molecule has 8 nitrogen and oxygen atoms in total. The van der Waals surface area contributed by atoms with Crippen LogP contribution in [0.5, 0.6) is 0 Å². The van der Waals surface area contributed by atoms with Crippen LogP contribution in [-0.4, -0.2) is 17.1 Å². The first-order chi connectivity index (χ1) is 12.2. The van der Waals surface area contributed by atoms with Crippen LogP contribution in [0.1, 0.15) is 21.8 Å². The molecule has 0 aliphatic carbocycles. The summed E-state index contributed by atoms with van der Waals surface area (Å²) in [6.07, 6.45) is 2.88. The van der Waals surface area contributed by atoms with Crippen molar-refractivity contribution in [1.29, 1.82) is 0 Å². The smallest absolute Gasteiger partial charge is 0.315 e. The van der Waals surface area contributed by atoms with Crippen LogP contribution in [0.4, 0.5) is 10.5 Å². The van der Waals surface area contributed by atoms with Crippen LogP contribution in [0.2, 0.25) is 0 Å². The van der Waals surface area contributed by atoms with Crippen LogP contribution in [0.15, 0.2) is 63.9 Å². The number of carbonyl (C=O) groups is 2. The zero-order valence-electron chi connectivity index (χ0n) is 13.2. The molecule has 0 bridgehead atoms. The van der Waals surface area contributed by atoms with Gasteiger partial charge in [-0.2, -0.15) is 0 Å². The second kappa shape index (κ2) is 7.82. The summed E-state index contributed by atoms with van der Waals surface area (Å²) in [5.41, 5.74) is 2.09. The highest BCUT2D eigenvalue weighted by Crippen LogP contribution is 2.12. The Kier molecular flexibility index (Phi) is 5.10. The molecule has 0 aliphatic rings. The molecule has 8 heteroatoms. The number of carbonyl (C=O) groups excluding carboxylic acids is 2. The SMILES string of the molecule is O=C(NCc1cccc(NC(=O)c2ccco2)c1)NCc1ccon1. The maximum atomic E-state index is 12.0. The van der Waals surface area contributed by atoms with Crippen LogP contribution in [-0.2, 0) is 13.1 Å². The number of rotatable bonds is 6. The molecule has 3 aromatic rings. The molecule has 0 unspecified atom stereocenters. The summed E-state index contributed by atoms with van der Waals surface area (Å²) in [5.74, 6) is -0.101. The predicted molar refractivity (Wildman–Crippen MR) is 88.7 cm³/mol. The average molecular weight is 340 g/mol.